The SMILES string of the molecule is CC(C)(CCl)C(=O)Nc1nc(-c2ccc(Cl)c(Cl)c2)cs1. The van der Waals surface area contributed by atoms with Crippen LogP contribution in [0.4, 0.5) is 5.13 Å². The van der Waals surface area contributed by atoms with E-state index in [1.165, 1.54) is 11.3 Å². The Hall–Kier alpha value is -0.810. The number of alkyl halides is 1. The molecule has 1 N–H and O–H groups in total. The van der Waals surface area contributed by atoms with Crippen molar-refractivity contribution in [3.05, 3.63) is 33.6 Å². The Morgan fingerprint density at radius 1 is 1.33 bits per heavy atom. The largest absolute Gasteiger partial charge is 0.301 e. The number of amides is 1. The summed E-state index contributed by atoms with van der Waals surface area (Å²) in [7, 11) is 0. The first-order chi connectivity index (χ1) is 9.83. The fourth-order valence-electron chi connectivity index (χ4n) is 1.45. The third-order valence-electron chi connectivity index (χ3n) is 2.89. The van der Waals surface area contributed by atoms with Crippen LogP contribution in [-0.4, -0.2) is 16.8 Å². The van der Waals surface area contributed by atoms with Gasteiger partial charge in [0.05, 0.1) is 21.2 Å². The van der Waals surface area contributed by atoms with E-state index in [1.807, 2.05) is 11.4 Å². The minimum atomic E-state index is -0.642. The predicted molar refractivity (Wildman–Crippen MR) is 90.7 cm³/mol. The summed E-state index contributed by atoms with van der Waals surface area (Å²) in [5.74, 6) is 0.0803. The van der Waals surface area contributed by atoms with Crippen LogP contribution in [0.3, 0.4) is 0 Å². The predicted octanol–water partition coefficient (Wildman–Crippen LogP) is 5.32. The number of halogens is 3. The summed E-state index contributed by atoms with van der Waals surface area (Å²) in [6, 6.07) is 5.29. The number of hydrogen-bond acceptors (Lipinski definition) is 3. The summed E-state index contributed by atoms with van der Waals surface area (Å²) in [6.45, 7) is 3.56. The molecular formula is C14H13Cl3N2OS. The fourth-order valence-corrected chi connectivity index (χ4v) is 2.58. The summed E-state index contributed by atoms with van der Waals surface area (Å²) in [5.41, 5.74) is 0.937. The molecule has 1 heterocycles. The van der Waals surface area contributed by atoms with Crippen molar-refractivity contribution in [3.8, 4) is 11.3 Å². The molecule has 0 aliphatic carbocycles. The molecule has 7 heteroatoms. The Bertz CT molecular complexity index is 670. The molecule has 0 aliphatic heterocycles. The van der Waals surface area contributed by atoms with Gasteiger partial charge in [-0.25, -0.2) is 4.98 Å². The Labute approximate surface area is 142 Å². The maximum absolute atomic E-state index is 12.0. The quantitative estimate of drug-likeness (QED) is 0.747. The zero-order valence-electron chi connectivity index (χ0n) is 11.4. The molecule has 0 bridgehead atoms. The van der Waals surface area contributed by atoms with Crippen LogP contribution >= 0.6 is 46.1 Å². The van der Waals surface area contributed by atoms with Crippen molar-refractivity contribution in [2.24, 2.45) is 5.41 Å². The van der Waals surface area contributed by atoms with Crippen LogP contribution in [0.1, 0.15) is 13.8 Å². The van der Waals surface area contributed by atoms with E-state index in [1.54, 1.807) is 26.0 Å². The van der Waals surface area contributed by atoms with E-state index < -0.39 is 5.41 Å². The van der Waals surface area contributed by atoms with Gasteiger partial charge in [-0.15, -0.1) is 22.9 Å². The number of rotatable bonds is 4. The van der Waals surface area contributed by atoms with E-state index in [9.17, 15) is 4.79 Å². The molecule has 0 atom stereocenters. The Morgan fingerprint density at radius 2 is 2.05 bits per heavy atom. The van der Waals surface area contributed by atoms with Crippen LogP contribution in [0.5, 0.6) is 0 Å². The van der Waals surface area contributed by atoms with Gasteiger partial charge in [0.1, 0.15) is 0 Å². The van der Waals surface area contributed by atoms with E-state index in [0.29, 0.717) is 15.2 Å². The molecule has 112 valence electrons. The summed E-state index contributed by atoms with van der Waals surface area (Å²) in [4.78, 5) is 16.4. The molecule has 0 unspecified atom stereocenters. The van der Waals surface area contributed by atoms with Gasteiger partial charge >= 0.3 is 0 Å². The van der Waals surface area contributed by atoms with Crippen LogP contribution in [0.2, 0.25) is 10.0 Å². The molecule has 1 aromatic carbocycles. The zero-order valence-corrected chi connectivity index (χ0v) is 14.5. The number of anilines is 1. The Kier molecular flexibility index (Phi) is 5.15. The second-order valence-corrected chi connectivity index (χ2v) is 7.08. The van der Waals surface area contributed by atoms with Gasteiger partial charge in [-0.05, 0) is 26.0 Å². The lowest BCUT2D eigenvalue weighted by molar-refractivity contribution is -0.122. The van der Waals surface area contributed by atoms with Crippen LogP contribution < -0.4 is 5.32 Å². The molecule has 0 aliphatic rings. The molecule has 21 heavy (non-hydrogen) atoms. The van der Waals surface area contributed by atoms with Gasteiger partial charge in [-0.3, -0.25) is 4.79 Å². The van der Waals surface area contributed by atoms with Gasteiger partial charge in [0.25, 0.3) is 0 Å². The summed E-state index contributed by atoms with van der Waals surface area (Å²) in [6.07, 6.45) is 0. The molecule has 0 saturated carbocycles. The highest BCUT2D eigenvalue weighted by atomic mass is 35.5. The average molecular weight is 364 g/mol. The van der Waals surface area contributed by atoms with Gasteiger partial charge in [-0.1, -0.05) is 29.3 Å². The van der Waals surface area contributed by atoms with Crippen LogP contribution in [-0.2, 0) is 4.79 Å². The van der Waals surface area contributed by atoms with E-state index in [0.717, 1.165) is 11.3 Å². The Balaban J connectivity index is 2.18. The minimum absolute atomic E-state index is 0.160. The summed E-state index contributed by atoms with van der Waals surface area (Å²) >= 11 is 19.0. The first-order valence-corrected chi connectivity index (χ1v) is 8.29. The number of nitrogens with zero attached hydrogens (tertiary/aromatic N) is 1. The van der Waals surface area contributed by atoms with Crippen molar-refractivity contribution in [2.45, 2.75) is 13.8 Å². The molecule has 0 radical (unpaired) electrons. The minimum Gasteiger partial charge on any atom is -0.301 e. The maximum atomic E-state index is 12.0. The number of carbonyl (C=O) groups is 1. The molecular weight excluding hydrogens is 351 g/mol. The second-order valence-electron chi connectivity index (χ2n) is 5.14. The molecule has 1 amide bonds. The van der Waals surface area contributed by atoms with Gasteiger partial charge in [-0.2, -0.15) is 0 Å². The number of benzene rings is 1. The second kappa shape index (κ2) is 6.53. The molecule has 0 fully saturated rings. The highest BCUT2D eigenvalue weighted by Gasteiger charge is 2.27. The van der Waals surface area contributed by atoms with E-state index >= 15 is 0 Å². The molecule has 0 spiro atoms. The maximum Gasteiger partial charge on any atom is 0.233 e. The summed E-state index contributed by atoms with van der Waals surface area (Å²) in [5, 5.41) is 6.11. The Morgan fingerprint density at radius 3 is 2.67 bits per heavy atom. The standard InChI is InChI=1S/C14H13Cl3N2OS/c1-14(2,7-15)12(20)19-13-18-11(6-21-13)8-3-4-9(16)10(17)5-8/h3-6H,7H2,1-2H3,(H,18,19,20). The topological polar surface area (TPSA) is 42.0 Å². The highest BCUT2D eigenvalue weighted by molar-refractivity contribution is 7.14. The third-order valence-corrected chi connectivity index (χ3v) is 5.05. The number of carbonyl (C=O) groups excluding carboxylic acids is 1. The third kappa shape index (κ3) is 3.89. The van der Waals surface area contributed by atoms with Crippen LogP contribution in [0.15, 0.2) is 23.6 Å². The van der Waals surface area contributed by atoms with Crippen molar-refractivity contribution in [3.63, 3.8) is 0 Å². The molecule has 2 aromatic rings. The van der Waals surface area contributed by atoms with E-state index in [4.69, 9.17) is 34.8 Å². The van der Waals surface area contributed by atoms with Crippen molar-refractivity contribution >= 4 is 57.2 Å². The van der Waals surface area contributed by atoms with Gasteiger partial charge in [0.15, 0.2) is 5.13 Å². The highest BCUT2D eigenvalue weighted by Crippen LogP contribution is 2.31. The number of hydrogen-bond donors (Lipinski definition) is 1. The van der Waals surface area contributed by atoms with Crippen molar-refractivity contribution in [2.75, 3.05) is 11.2 Å². The normalized spacial score (nSPS) is 11.5. The first-order valence-electron chi connectivity index (χ1n) is 6.12. The van der Waals surface area contributed by atoms with Crippen molar-refractivity contribution in [1.29, 1.82) is 0 Å². The van der Waals surface area contributed by atoms with Crippen LogP contribution in [0.25, 0.3) is 11.3 Å². The number of nitrogens with one attached hydrogen (secondary N) is 1. The van der Waals surface area contributed by atoms with E-state index in [2.05, 4.69) is 10.3 Å². The lowest BCUT2D eigenvalue weighted by Gasteiger charge is -2.18. The summed E-state index contributed by atoms with van der Waals surface area (Å²) < 4.78 is 0. The van der Waals surface area contributed by atoms with Gasteiger partial charge < -0.3 is 5.32 Å². The molecule has 2 rings (SSSR count). The lowest BCUT2D eigenvalue weighted by atomic mass is 9.95. The van der Waals surface area contributed by atoms with Crippen molar-refractivity contribution < 1.29 is 4.79 Å². The zero-order chi connectivity index (χ0) is 15.6. The average Bonchev–Trinajstić information content (AvgIpc) is 2.90. The van der Waals surface area contributed by atoms with Gasteiger partial charge in [0.2, 0.25) is 5.91 Å². The molecule has 1 aromatic heterocycles. The van der Waals surface area contributed by atoms with Crippen LogP contribution in [0, 0.1) is 5.41 Å². The van der Waals surface area contributed by atoms with E-state index in [-0.39, 0.29) is 11.8 Å². The lowest BCUT2D eigenvalue weighted by Crippen LogP contribution is -2.32. The van der Waals surface area contributed by atoms with Crippen molar-refractivity contribution in [1.82, 2.24) is 4.98 Å². The fraction of sp³-hybridized carbons (Fsp3) is 0.286. The first kappa shape index (κ1) is 16.6. The smallest absolute Gasteiger partial charge is 0.233 e. The molecule has 3 nitrogen and oxygen atoms in total. The number of aromatic nitrogens is 1. The van der Waals surface area contributed by atoms with Gasteiger partial charge in [0, 0.05) is 16.8 Å². The molecule has 0 saturated heterocycles. The monoisotopic (exact) mass is 362 g/mol. The number of thiazole rings is 1.